The molecule has 8 heteroatoms. The van der Waals surface area contributed by atoms with Gasteiger partial charge in [0.25, 0.3) is 6.49 Å². The third-order valence-electron chi connectivity index (χ3n) is 4.59. The fourth-order valence-corrected chi connectivity index (χ4v) is 5.39. The summed E-state index contributed by atoms with van der Waals surface area (Å²) < 4.78 is 18.3. The lowest BCUT2D eigenvalue weighted by molar-refractivity contribution is 0.103. The van der Waals surface area contributed by atoms with Crippen molar-refractivity contribution in [1.82, 2.24) is 0 Å². The highest BCUT2D eigenvalue weighted by atomic mass is 35.7. The minimum absolute atomic E-state index is 0.115. The summed E-state index contributed by atoms with van der Waals surface area (Å²) in [6.07, 6.45) is 0. The van der Waals surface area contributed by atoms with Crippen molar-refractivity contribution >= 4 is 57.5 Å². The number of hydrogen-bond donors (Lipinski definition) is 0. The Morgan fingerprint density at radius 2 is 1.50 bits per heavy atom. The van der Waals surface area contributed by atoms with Gasteiger partial charge in [0.15, 0.2) is 5.78 Å². The van der Waals surface area contributed by atoms with Crippen LogP contribution in [0.5, 0.6) is 5.75 Å². The van der Waals surface area contributed by atoms with E-state index in [0.29, 0.717) is 11.1 Å². The van der Waals surface area contributed by atoms with Crippen molar-refractivity contribution in [3.63, 3.8) is 0 Å². The highest BCUT2D eigenvalue weighted by Gasteiger charge is 2.33. The predicted octanol–water partition coefficient (Wildman–Crippen LogP) is 6.52. The molecule has 0 amide bonds. The smallest absolute Gasteiger partial charge is 0.264 e. The first-order valence-electron chi connectivity index (χ1n) is 8.76. The summed E-state index contributed by atoms with van der Waals surface area (Å²) >= 11 is 18.5. The molecule has 0 radical (unpaired) electrons. The van der Waals surface area contributed by atoms with Crippen LogP contribution in [0.4, 0.5) is 0 Å². The number of methoxy groups -OCH3 is 1. The Morgan fingerprint density at radius 3 is 2.10 bits per heavy atom. The highest BCUT2D eigenvalue weighted by Crippen LogP contribution is 2.53. The average molecular weight is 482 g/mol. The molecule has 1 atom stereocenters. The number of rotatable bonds is 6. The van der Waals surface area contributed by atoms with Crippen LogP contribution in [0.25, 0.3) is 0 Å². The maximum absolute atomic E-state index is 13.1. The number of benzene rings is 3. The summed E-state index contributed by atoms with van der Waals surface area (Å²) in [5, 5.41) is 0.567. The Kier molecular flexibility index (Phi) is 6.74. The SMILES string of the molecule is COc1c(Cl)ccc(Cl)c1C(=O)c1ccc(P(=O)(Cl)C(=O)c2ccccc2C)cc1. The van der Waals surface area contributed by atoms with Gasteiger partial charge in [0.05, 0.1) is 22.7 Å². The second kappa shape index (κ2) is 8.95. The number of hydrogen-bond acceptors (Lipinski definition) is 4. The number of carbonyl (C=O) groups excluding carboxylic acids is 2. The van der Waals surface area contributed by atoms with Crippen molar-refractivity contribution in [3.8, 4) is 5.75 Å². The van der Waals surface area contributed by atoms with Gasteiger partial charge in [0, 0.05) is 16.4 Å². The number of ketones is 1. The number of ether oxygens (including phenoxy) is 1. The summed E-state index contributed by atoms with van der Waals surface area (Å²) in [6, 6.07) is 15.5. The second-order valence-corrected chi connectivity index (χ2v) is 10.7. The van der Waals surface area contributed by atoms with E-state index in [4.69, 9.17) is 39.2 Å². The fraction of sp³-hybridized carbons (Fsp3) is 0.0909. The molecule has 0 aliphatic carbocycles. The van der Waals surface area contributed by atoms with Crippen molar-refractivity contribution in [2.75, 3.05) is 7.11 Å². The quantitative estimate of drug-likeness (QED) is 0.297. The molecule has 0 spiro atoms. The summed E-state index contributed by atoms with van der Waals surface area (Å²) in [4.78, 5) is 25.8. The normalized spacial score (nSPS) is 12.8. The molecule has 0 heterocycles. The van der Waals surface area contributed by atoms with Crippen LogP contribution in [0.3, 0.4) is 0 Å². The average Bonchev–Trinajstić information content (AvgIpc) is 2.74. The van der Waals surface area contributed by atoms with Gasteiger partial charge < -0.3 is 4.74 Å². The van der Waals surface area contributed by atoms with E-state index in [0.717, 1.165) is 0 Å². The zero-order valence-corrected chi connectivity index (χ0v) is 19.1. The lowest BCUT2D eigenvalue weighted by atomic mass is 10.0. The van der Waals surface area contributed by atoms with Crippen molar-refractivity contribution in [1.29, 1.82) is 0 Å². The molecule has 0 saturated carbocycles. The highest BCUT2D eigenvalue weighted by molar-refractivity contribution is 8.07. The van der Waals surface area contributed by atoms with Crippen LogP contribution in [0, 0.1) is 6.92 Å². The van der Waals surface area contributed by atoms with Crippen LogP contribution in [0.1, 0.15) is 31.8 Å². The predicted molar refractivity (Wildman–Crippen MR) is 121 cm³/mol. The molecule has 3 rings (SSSR count). The molecule has 0 aliphatic rings. The third-order valence-corrected chi connectivity index (χ3v) is 7.97. The van der Waals surface area contributed by atoms with Crippen LogP contribution in [0.15, 0.2) is 60.7 Å². The molecular weight excluding hydrogens is 466 g/mol. The van der Waals surface area contributed by atoms with Crippen molar-refractivity contribution in [2.45, 2.75) is 6.92 Å². The van der Waals surface area contributed by atoms with Crippen LogP contribution in [0.2, 0.25) is 10.0 Å². The molecule has 4 nitrogen and oxygen atoms in total. The zero-order chi connectivity index (χ0) is 22.1. The van der Waals surface area contributed by atoms with Crippen molar-refractivity contribution in [3.05, 3.63) is 93.0 Å². The monoisotopic (exact) mass is 480 g/mol. The largest absolute Gasteiger partial charge is 0.494 e. The zero-order valence-electron chi connectivity index (χ0n) is 16.0. The van der Waals surface area contributed by atoms with E-state index in [1.54, 1.807) is 31.2 Å². The lowest BCUT2D eigenvalue weighted by Crippen LogP contribution is -2.12. The summed E-state index contributed by atoms with van der Waals surface area (Å²) in [6.45, 7) is -2.15. The van der Waals surface area contributed by atoms with E-state index in [2.05, 4.69) is 0 Å². The Labute approximate surface area is 188 Å². The van der Waals surface area contributed by atoms with E-state index in [1.165, 1.54) is 43.5 Å². The minimum atomic E-state index is -3.89. The van der Waals surface area contributed by atoms with E-state index in [9.17, 15) is 14.2 Å². The molecule has 0 fully saturated rings. The van der Waals surface area contributed by atoms with Gasteiger partial charge in [-0.1, -0.05) is 59.6 Å². The number of aryl methyl sites for hydroxylation is 1. The molecule has 0 saturated heterocycles. The minimum Gasteiger partial charge on any atom is -0.494 e. The fourth-order valence-electron chi connectivity index (χ4n) is 2.98. The maximum Gasteiger partial charge on any atom is 0.264 e. The lowest BCUT2D eigenvalue weighted by Gasteiger charge is -2.13. The van der Waals surface area contributed by atoms with E-state index in [-0.39, 0.29) is 32.2 Å². The van der Waals surface area contributed by atoms with E-state index in [1.807, 2.05) is 0 Å². The number of carbonyl (C=O) groups is 2. The van der Waals surface area contributed by atoms with Gasteiger partial charge in [-0.25, -0.2) is 0 Å². The molecule has 0 aromatic heterocycles. The van der Waals surface area contributed by atoms with Gasteiger partial charge in [-0.15, -0.1) is 0 Å². The summed E-state index contributed by atoms with van der Waals surface area (Å²) in [7, 11) is 1.39. The molecule has 154 valence electrons. The Morgan fingerprint density at radius 1 is 0.900 bits per heavy atom. The molecule has 3 aromatic carbocycles. The van der Waals surface area contributed by atoms with E-state index >= 15 is 0 Å². The van der Waals surface area contributed by atoms with Gasteiger partial charge in [-0.2, -0.15) is 0 Å². The van der Waals surface area contributed by atoms with Crippen LogP contribution >= 0.6 is 40.9 Å². The van der Waals surface area contributed by atoms with Gasteiger partial charge in [-0.3, -0.25) is 14.2 Å². The molecule has 30 heavy (non-hydrogen) atoms. The van der Waals surface area contributed by atoms with Gasteiger partial charge in [0.2, 0.25) is 5.52 Å². The standard InChI is InChI=1S/C22H16Cl3O4P/c1-13-5-3-4-6-16(13)22(27)30(25,28)15-9-7-14(8-10-15)20(26)19-17(23)11-12-18(24)21(19)29-2/h3-12H,1-2H3. The molecular formula is C22H16Cl3O4P. The molecule has 0 bridgehead atoms. The number of halogens is 3. The first-order valence-corrected chi connectivity index (χ1v) is 12.1. The second-order valence-electron chi connectivity index (χ2n) is 6.47. The van der Waals surface area contributed by atoms with Gasteiger partial charge >= 0.3 is 0 Å². The van der Waals surface area contributed by atoms with E-state index < -0.39 is 17.8 Å². The first-order chi connectivity index (χ1) is 14.2. The summed E-state index contributed by atoms with van der Waals surface area (Å²) in [5.41, 5.74) is 0.691. The molecule has 3 aromatic rings. The van der Waals surface area contributed by atoms with Crippen LogP contribution in [-0.2, 0) is 4.57 Å². The van der Waals surface area contributed by atoms with Crippen LogP contribution < -0.4 is 10.0 Å². The van der Waals surface area contributed by atoms with Crippen LogP contribution in [-0.4, -0.2) is 18.4 Å². The van der Waals surface area contributed by atoms with Crippen molar-refractivity contribution < 1.29 is 18.9 Å². The molecule has 1 unspecified atom stereocenters. The maximum atomic E-state index is 13.1. The van der Waals surface area contributed by atoms with Gasteiger partial charge in [-0.05, 0) is 48.0 Å². The Hall–Kier alpha value is -2.10. The Balaban J connectivity index is 1.97. The first kappa shape index (κ1) is 22.6. The molecule has 0 aliphatic heterocycles. The molecule has 0 N–H and O–H groups in total. The topological polar surface area (TPSA) is 60.4 Å². The Bertz CT molecular complexity index is 1190. The summed E-state index contributed by atoms with van der Waals surface area (Å²) in [5.74, 6) is -0.267. The third kappa shape index (κ3) is 4.19. The van der Waals surface area contributed by atoms with Crippen molar-refractivity contribution in [2.24, 2.45) is 0 Å². The van der Waals surface area contributed by atoms with Gasteiger partial charge in [0.1, 0.15) is 5.75 Å².